The largest absolute Gasteiger partial charge is 0.444 e. The minimum atomic E-state index is -4.53. The zero-order valence-electron chi connectivity index (χ0n) is 16.7. The number of rotatable bonds is 4. The minimum absolute atomic E-state index is 0.0213. The van der Waals surface area contributed by atoms with Crippen LogP contribution in [0.3, 0.4) is 0 Å². The van der Waals surface area contributed by atoms with E-state index in [1.165, 1.54) is 6.07 Å². The number of nitrogens with zero attached hydrogens (tertiary/aromatic N) is 1. The highest BCUT2D eigenvalue weighted by Gasteiger charge is 2.32. The number of carbonyl (C=O) groups excluding carboxylic acids is 1. The fourth-order valence-electron chi connectivity index (χ4n) is 3.70. The van der Waals surface area contributed by atoms with Crippen molar-refractivity contribution in [2.75, 3.05) is 16.8 Å². The lowest BCUT2D eigenvalue weighted by atomic mass is 10.0. The monoisotopic (exact) mass is 426 g/mol. The molecular weight excluding hydrogens is 405 g/mol. The summed E-state index contributed by atoms with van der Waals surface area (Å²) in [6.07, 6.45) is -3.58. The number of hydrogen-bond donors (Lipinski definition) is 1. The van der Waals surface area contributed by atoms with Crippen molar-refractivity contribution in [2.45, 2.75) is 25.6 Å². The van der Waals surface area contributed by atoms with Crippen LogP contribution in [0.15, 0.2) is 72.8 Å². The van der Waals surface area contributed by atoms with Gasteiger partial charge in [-0.2, -0.15) is 13.2 Å². The third kappa shape index (κ3) is 4.82. The smallest absolute Gasteiger partial charge is 0.416 e. The maximum absolute atomic E-state index is 13.3. The summed E-state index contributed by atoms with van der Waals surface area (Å²) in [7, 11) is 0. The summed E-state index contributed by atoms with van der Waals surface area (Å²) in [6, 6.07) is 20.2. The van der Waals surface area contributed by atoms with Gasteiger partial charge in [0.05, 0.1) is 16.9 Å². The van der Waals surface area contributed by atoms with Crippen LogP contribution in [0.1, 0.15) is 23.1 Å². The minimum Gasteiger partial charge on any atom is -0.444 e. The van der Waals surface area contributed by atoms with Crippen LogP contribution in [-0.4, -0.2) is 12.6 Å². The Morgan fingerprint density at radius 1 is 0.968 bits per heavy atom. The van der Waals surface area contributed by atoms with Crippen LogP contribution in [0.2, 0.25) is 0 Å². The second kappa shape index (κ2) is 8.71. The number of halogens is 3. The number of aryl methyl sites for hydroxylation is 1. The molecule has 0 fully saturated rings. The number of benzene rings is 3. The van der Waals surface area contributed by atoms with Gasteiger partial charge in [0.1, 0.15) is 6.61 Å². The number of carbonyl (C=O) groups is 1. The molecule has 0 atom stereocenters. The first-order valence-corrected chi connectivity index (χ1v) is 9.96. The van der Waals surface area contributed by atoms with Crippen LogP contribution in [-0.2, 0) is 23.9 Å². The Labute approximate surface area is 178 Å². The van der Waals surface area contributed by atoms with Crippen molar-refractivity contribution >= 4 is 23.2 Å². The van der Waals surface area contributed by atoms with E-state index in [4.69, 9.17) is 4.74 Å². The molecule has 7 heteroatoms. The van der Waals surface area contributed by atoms with Gasteiger partial charge in [-0.3, -0.25) is 5.32 Å². The molecule has 1 amide bonds. The second-order valence-electron chi connectivity index (χ2n) is 7.30. The second-order valence-corrected chi connectivity index (χ2v) is 7.30. The Kier molecular flexibility index (Phi) is 5.84. The summed E-state index contributed by atoms with van der Waals surface area (Å²) in [5.74, 6) is 0. The summed E-state index contributed by atoms with van der Waals surface area (Å²) in [4.78, 5) is 14.3. The lowest BCUT2D eigenvalue weighted by Crippen LogP contribution is -2.26. The first-order valence-electron chi connectivity index (χ1n) is 9.96. The van der Waals surface area contributed by atoms with E-state index < -0.39 is 17.8 Å². The molecular formula is C24H21F3N2O2. The van der Waals surface area contributed by atoms with Crippen molar-refractivity contribution in [1.82, 2.24) is 0 Å². The summed E-state index contributed by atoms with van der Waals surface area (Å²) in [6.45, 7) is 0.656. The molecule has 0 bridgehead atoms. The average Bonchev–Trinajstić information content (AvgIpc) is 2.77. The van der Waals surface area contributed by atoms with E-state index in [2.05, 4.69) is 5.32 Å². The summed E-state index contributed by atoms with van der Waals surface area (Å²) >= 11 is 0. The van der Waals surface area contributed by atoms with Gasteiger partial charge in [0, 0.05) is 12.2 Å². The molecule has 0 aliphatic carbocycles. The number of alkyl halides is 3. The molecule has 3 aromatic carbocycles. The fraction of sp³-hybridized carbons (Fsp3) is 0.208. The Balaban J connectivity index is 1.63. The van der Waals surface area contributed by atoms with Gasteiger partial charge in [-0.25, -0.2) is 4.79 Å². The highest BCUT2D eigenvalue weighted by atomic mass is 19.4. The van der Waals surface area contributed by atoms with Crippen LogP contribution in [0.4, 0.5) is 35.0 Å². The number of ether oxygens (including phenoxy) is 1. The molecule has 1 heterocycles. The first kappa shape index (κ1) is 20.8. The van der Waals surface area contributed by atoms with Gasteiger partial charge in [0.15, 0.2) is 0 Å². The molecule has 1 aliphatic heterocycles. The summed E-state index contributed by atoms with van der Waals surface area (Å²) in [5.41, 5.74) is 2.55. The molecule has 31 heavy (non-hydrogen) atoms. The number of anilines is 3. The van der Waals surface area contributed by atoms with Gasteiger partial charge in [-0.05, 0) is 48.2 Å². The number of amides is 1. The molecule has 4 rings (SSSR count). The fourth-order valence-corrected chi connectivity index (χ4v) is 3.70. The van der Waals surface area contributed by atoms with E-state index >= 15 is 0 Å². The van der Waals surface area contributed by atoms with Crippen molar-refractivity contribution in [3.63, 3.8) is 0 Å². The molecule has 0 radical (unpaired) electrons. The summed E-state index contributed by atoms with van der Waals surface area (Å²) in [5, 5.41) is 2.52. The van der Waals surface area contributed by atoms with E-state index in [1.807, 2.05) is 47.4 Å². The van der Waals surface area contributed by atoms with Gasteiger partial charge in [-0.15, -0.1) is 0 Å². The van der Waals surface area contributed by atoms with Gasteiger partial charge < -0.3 is 9.64 Å². The number of hydrogen-bond acceptors (Lipinski definition) is 3. The zero-order valence-corrected chi connectivity index (χ0v) is 16.7. The van der Waals surface area contributed by atoms with Crippen LogP contribution >= 0.6 is 0 Å². The maximum atomic E-state index is 13.3. The molecule has 0 spiro atoms. The first-order chi connectivity index (χ1) is 14.9. The predicted molar refractivity (Wildman–Crippen MR) is 113 cm³/mol. The lowest BCUT2D eigenvalue weighted by molar-refractivity contribution is -0.137. The van der Waals surface area contributed by atoms with Gasteiger partial charge in [0.2, 0.25) is 0 Å². The highest BCUT2D eigenvalue weighted by molar-refractivity contribution is 5.91. The molecule has 160 valence electrons. The Hall–Kier alpha value is -3.48. The number of para-hydroxylation sites is 1. The SMILES string of the molecule is O=C(Nc1cc(C(F)(F)F)ccc1N1CCCc2ccccc21)OCc1ccccc1. The van der Waals surface area contributed by atoms with Crippen LogP contribution in [0.5, 0.6) is 0 Å². The highest BCUT2D eigenvalue weighted by Crippen LogP contribution is 2.40. The molecule has 1 N–H and O–H groups in total. The standard InChI is InChI=1S/C24H21F3N2O2/c25-24(26,27)19-12-13-22(29-14-6-10-18-9-4-5-11-21(18)29)20(15-19)28-23(30)31-16-17-7-2-1-3-8-17/h1-5,7-9,11-13,15H,6,10,14,16H2,(H,28,30). The Bertz CT molecular complexity index is 1070. The van der Waals surface area contributed by atoms with E-state index in [0.717, 1.165) is 41.8 Å². The normalized spacial score (nSPS) is 13.5. The molecule has 0 saturated carbocycles. The van der Waals surface area contributed by atoms with Crippen LogP contribution in [0, 0.1) is 0 Å². The Morgan fingerprint density at radius 2 is 1.71 bits per heavy atom. The van der Waals surface area contributed by atoms with E-state index in [9.17, 15) is 18.0 Å². The van der Waals surface area contributed by atoms with Crippen molar-refractivity contribution in [3.05, 3.63) is 89.5 Å². The quantitative estimate of drug-likeness (QED) is 0.515. The van der Waals surface area contributed by atoms with Crippen LogP contribution in [0.25, 0.3) is 0 Å². The van der Waals surface area contributed by atoms with Gasteiger partial charge in [-0.1, -0.05) is 48.5 Å². The third-order valence-electron chi connectivity index (χ3n) is 5.17. The van der Waals surface area contributed by atoms with Crippen molar-refractivity contribution in [2.24, 2.45) is 0 Å². The molecule has 4 nitrogen and oxygen atoms in total. The average molecular weight is 426 g/mol. The predicted octanol–water partition coefficient (Wildman–Crippen LogP) is 6.54. The van der Waals surface area contributed by atoms with Crippen LogP contribution < -0.4 is 10.2 Å². The van der Waals surface area contributed by atoms with E-state index in [-0.39, 0.29) is 12.3 Å². The Morgan fingerprint density at radius 3 is 2.48 bits per heavy atom. The van der Waals surface area contributed by atoms with Gasteiger partial charge in [0.25, 0.3) is 0 Å². The number of nitrogens with one attached hydrogen (secondary N) is 1. The topological polar surface area (TPSA) is 41.6 Å². The zero-order chi connectivity index (χ0) is 21.8. The molecule has 0 unspecified atom stereocenters. The molecule has 3 aromatic rings. The van der Waals surface area contributed by atoms with Crippen molar-refractivity contribution in [1.29, 1.82) is 0 Å². The third-order valence-corrected chi connectivity index (χ3v) is 5.17. The van der Waals surface area contributed by atoms with E-state index in [1.54, 1.807) is 12.1 Å². The van der Waals surface area contributed by atoms with Gasteiger partial charge >= 0.3 is 12.3 Å². The van der Waals surface area contributed by atoms with Crippen molar-refractivity contribution in [3.8, 4) is 0 Å². The maximum Gasteiger partial charge on any atom is 0.416 e. The van der Waals surface area contributed by atoms with Crippen molar-refractivity contribution < 1.29 is 22.7 Å². The van der Waals surface area contributed by atoms with E-state index in [0.29, 0.717) is 12.2 Å². The molecule has 0 aromatic heterocycles. The number of fused-ring (bicyclic) bond motifs is 1. The lowest BCUT2D eigenvalue weighted by Gasteiger charge is -2.33. The summed E-state index contributed by atoms with van der Waals surface area (Å²) < 4.78 is 45.2. The molecule has 1 aliphatic rings. The molecule has 0 saturated heterocycles.